The molecule has 0 saturated carbocycles. The Morgan fingerprint density at radius 3 is 2.62 bits per heavy atom. The minimum atomic E-state index is 0.708. The number of rotatable bonds is 7. The molecule has 0 spiro atoms. The van der Waals surface area contributed by atoms with Crippen LogP contribution in [0.5, 0.6) is 0 Å². The topological polar surface area (TPSA) is 42.7 Å². The molecule has 0 radical (unpaired) electrons. The molecule has 0 aliphatic rings. The molecule has 0 fully saturated rings. The van der Waals surface area contributed by atoms with E-state index in [0.29, 0.717) is 6.54 Å². The van der Waals surface area contributed by atoms with E-state index in [-0.39, 0.29) is 0 Å². The van der Waals surface area contributed by atoms with Gasteiger partial charge in [0.05, 0.1) is 22.1 Å². The van der Waals surface area contributed by atoms with Gasteiger partial charge in [-0.25, -0.2) is 0 Å². The lowest BCUT2D eigenvalue weighted by molar-refractivity contribution is 0.573. The number of nitrogens with zero attached hydrogens (tertiary/aromatic N) is 3. The SMILES string of the molecule is CCc1cccnc1CNCc1c(Cl)c(CC)nn1CC. The fourth-order valence-corrected chi connectivity index (χ4v) is 2.77. The van der Waals surface area contributed by atoms with E-state index in [2.05, 4.69) is 42.2 Å². The zero-order valence-corrected chi connectivity index (χ0v) is 13.7. The summed E-state index contributed by atoms with van der Waals surface area (Å²) in [6, 6.07) is 4.11. The molecule has 0 saturated heterocycles. The Morgan fingerprint density at radius 2 is 1.95 bits per heavy atom. The third-order valence-corrected chi connectivity index (χ3v) is 4.08. The van der Waals surface area contributed by atoms with Crippen molar-refractivity contribution < 1.29 is 0 Å². The number of aryl methyl sites for hydroxylation is 3. The van der Waals surface area contributed by atoms with Gasteiger partial charge in [-0.2, -0.15) is 5.10 Å². The fraction of sp³-hybridized carbons (Fsp3) is 0.500. The van der Waals surface area contributed by atoms with Crippen LogP contribution in [0.2, 0.25) is 5.02 Å². The molecule has 0 aromatic carbocycles. The highest BCUT2D eigenvalue weighted by molar-refractivity contribution is 6.31. The maximum Gasteiger partial charge on any atom is 0.0863 e. The Balaban J connectivity index is 2.05. The second kappa shape index (κ2) is 7.57. The number of halogens is 1. The van der Waals surface area contributed by atoms with Crippen molar-refractivity contribution in [2.75, 3.05) is 0 Å². The summed E-state index contributed by atoms with van der Waals surface area (Å²) < 4.78 is 1.98. The van der Waals surface area contributed by atoms with Gasteiger partial charge in [0.15, 0.2) is 0 Å². The molecule has 0 aliphatic carbocycles. The average Bonchev–Trinajstić information content (AvgIpc) is 2.83. The number of aromatic nitrogens is 3. The van der Waals surface area contributed by atoms with Gasteiger partial charge in [-0.15, -0.1) is 0 Å². The van der Waals surface area contributed by atoms with Crippen LogP contribution in [-0.2, 0) is 32.5 Å². The van der Waals surface area contributed by atoms with Gasteiger partial charge in [-0.1, -0.05) is 31.5 Å². The van der Waals surface area contributed by atoms with Crippen LogP contribution in [0.3, 0.4) is 0 Å². The molecular weight excluding hydrogens is 284 g/mol. The Morgan fingerprint density at radius 1 is 1.14 bits per heavy atom. The van der Waals surface area contributed by atoms with Crippen LogP contribution in [0.1, 0.15) is 43.4 Å². The standard InChI is InChI=1S/C16H23ClN4/c1-4-12-8-7-9-19-14(12)10-18-11-15-16(17)13(5-2)20-21(15)6-3/h7-9,18H,4-6,10-11H2,1-3H3. The van der Waals surface area contributed by atoms with Crippen LogP contribution < -0.4 is 5.32 Å². The van der Waals surface area contributed by atoms with Crippen LogP contribution in [0.25, 0.3) is 0 Å². The predicted molar refractivity (Wildman–Crippen MR) is 86.4 cm³/mol. The zero-order valence-electron chi connectivity index (χ0n) is 13.0. The average molecular weight is 307 g/mol. The van der Waals surface area contributed by atoms with Gasteiger partial charge in [-0.3, -0.25) is 9.67 Å². The Bertz CT molecular complexity index is 592. The van der Waals surface area contributed by atoms with Crippen LogP contribution in [0.15, 0.2) is 18.3 Å². The van der Waals surface area contributed by atoms with Crippen molar-refractivity contribution >= 4 is 11.6 Å². The van der Waals surface area contributed by atoms with Crippen LogP contribution in [0.4, 0.5) is 0 Å². The van der Waals surface area contributed by atoms with Crippen molar-refractivity contribution in [3.05, 3.63) is 46.0 Å². The minimum Gasteiger partial charge on any atom is -0.305 e. The van der Waals surface area contributed by atoms with Gasteiger partial charge in [0, 0.05) is 25.8 Å². The molecule has 2 rings (SSSR count). The monoisotopic (exact) mass is 306 g/mol. The fourth-order valence-electron chi connectivity index (χ4n) is 2.44. The molecule has 0 unspecified atom stereocenters. The van der Waals surface area contributed by atoms with Crippen molar-refractivity contribution in [1.29, 1.82) is 0 Å². The van der Waals surface area contributed by atoms with E-state index in [0.717, 1.165) is 48.0 Å². The molecule has 114 valence electrons. The Labute approximate surface area is 131 Å². The summed E-state index contributed by atoms with van der Waals surface area (Å²) in [6.45, 7) is 8.60. The highest BCUT2D eigenvalue weighted by Gasteiger charge is 2.13. The lowest BCUT2D eigenvalue weighted by Gasteiger charge is -2.09. The first kappa shape index (κ1) is 16.0. The van der Waals surface area contributed by atoms with E-state index in [4.69, 9.17) is 11.6 Å². The van der Waals surface area contributed by atoms with E-state index >= 15 is 0 Å². The molecule has 0 atom stereocenters. The van der Waals surface area contributed by atoms with Crippen LogP contribution in [0, 0.1) is 0 Å². The molecule has 4 nitrogen and oxygen atoms in total. The Kier molecular flexibility index (Phi) is 5.76. The largest absolute Gasteiger partial charge is 0.305 e. The molecule has 0 aliphatic heterocycles. The number of pyridine rings is 1. The summed E-state index contributed by atoms with van der Waals surface area (Å²) in [5, 5.41) is 8.77. The lowest BCUT2D eigenvalue weighted by Crippen LogP contribution is -2.18. The third kappa shape index (κ3) is 3.63. The van der Waals surface area contributed by atoms with Crippen LogP contribution >= 0.6 is 11.6 Å². The van der Waals surface area contributed by atoms with E-state index in [1.54, 1.807) is 0 Å². The maximum absolute atomic E-state index is 6.41. The summed E-state index contributed by atoms with van der Waals surface area (Å²) in [5.41, 5.74) is 4.43. The summed E-state index contributed by atoms with van der Waals surface area (Å²) in [5.74, 6) is 0. The second-order valence-electron chi connectivity index (χ2n) is 4.94. The molecule has 2 aromatic rings. The van der Waals surface area contributed by atoms with E-state index in [1.807, 2.05) is 16.9 Å². The highest BCUT2D eigenvalue weighted by atomic mass is 35.5. The smallest absolute Gasteiger partial charge is 0.0863 e. The molecule has 1 N–H and O–H groups in total. The van der Waals surface area contributed by atoms with E-state index in [1.165, 1.54) is 5.56 Å². The molecule has 0 amide bonds. The van der Waals surface area contributed by atoms with Gasteiger partial charge in [-0.05, 0) is 31.4 Å². The van der Waals surface area contributed by atoms with Crippen molar-refractivity contribution in [1.82, 2.24) is 20.1 Å². The van der Waals surface area contributed by atoms with Crippen molar-refractivity contribution in [3.63, 3.8) is 0 Å². The van der Waals surface area contributed by atoms with Gasteiger partial charge in [0.2, 0.25) is 0 Å². The van der Waals surface area contributed by atoms with Crippen molar-refractivity contribution in [3.8, 4) is 0 Å². The summed E-state index contributed by atoms with van der Waals surface area (Å²) >= 11 is 6.41. The summed E-state index contributed by atoms with van der Waals surface area (Å²) in [6.07, 6.45) is 3.70. The van der Waals surface area contributed by atoms with E-state index in [9.17, 15) is 0 Å². The van der Waals surface area contributed by atoms with Gasteiger partial charge < -0.3 is 5.32 Å². The zero-order chi connectivity index (χ0) is 15.2. The minimum absolute atomic E-state index is 0.708. The molecular formula is C16H23ClN4. The molecule has 0 bridgehead atoms. The van der Waals surface area contributed by atoms with Crippen LogP contribution in [-0.4, -0.2) is 14.8 Å². The van der Waals surface area contributed by atoms with Gasteiger partial charge in [0.1, 0.15) is 0 Å². The first-order chi connectivity index (χ1) is 10.2. The number of hydrogen-bond donors (Lipinski definition) is 1. The van der Waals surface area contributed by atoms with E-state index < -0.39 is 0 Å². The highest BCUT2D eigenvalue weighted by Crippen LogP contribution is 2.21. The number of nitrogens with one attached hydrogen (secondary N) is 1. The first-order valence-corrected chi connectivity index (χ1v) is 7.96. The van der Waals surface area contributed by atoms with Gasteiger partial charge >= 0.3 is 0 Å². The summed E-state index contributed by atoms with van der Waals surface area (Å²) in [4.78, 5) is 4.45. The summed E-state index contributed by atoms with van der Waals surface area (Å²) in [7, 11) is 0. The molecule has 5 heteroatoms. The van der Waals surface area contributed by atoms with Crippen molar-refractivity contribution in [2.24, 2.45) is 0 Å². The van der Waals surface area contributed by atoms with Crippen molar-refractivity contribution in [2.45, 2.75) is 53.2 Å². The Hall–Kier alpha value is -1.39. The lowest BCUT2D eigenvalue weighted by atomic mass is 10.1. The predicted octanol–water partition coefficient (Wildman–Crippen LogP) is 3.37. The molecule has 21 heavy (non-hydrogen) atoms. The third-order valence-electron chi connectivity index (χ3n) is 3.64. The quantitative estimate of drug-likeness (QED) is 0.853. The normalized spacial score (nSPS) is 11.0. The first-order valence-electron chi connectivity index (χ1n) is 7.58. The second-order valence-corrected chi connectivity index (χ2v) is 5.32. The maximum atomic E-state index is 6.41. The van der Waals surface area contributed by atoms with Gasteiger partial charge in [0.25, 0.3) is 0 Å². The molecule has 2 aromatic heterocycles. The molecule has 2 heterocycles. The number of hydrogen-bond acceptors (Lipinski definition) is 3.